The molecule has 0 aliphatic heterocycles. The average molecular weight is 516 g/mol. The molecule has 0 amide bonds. The number of rotatable bonds is 9. The van der Waals surface area contributed by atoms with Gasteiger partial charge in [0.15, 0.2) is 0 Å². The van der Waals surface area contributed by atoms with Gasteiger partial charge >= 0.3 is 0 Å². The molecule has 0 aliphatic rings. The van der Waals surface area contributed by atoms with Crippen molar-refractivity contribution in [2.45, 2.75) is 45.6 Å². The molecular formula is C28H25Cl3O3. The fraction of sp³-hybridized carbons (Fsp3) is 0.250. The predicted octanol–water partition coefficient (Wildman–Crippen LogP) is 9.12. The number of hydrogen-bond acceptors (Lipinski definition) is 3. The van der Waals surface area contributed by atoms with E-state index in [0.717, 1.165) is 42.4 Å². The van der Waals surface area contributed by atoms with Crippen LogP contribution < -0.4 is 10.2 Å². The molecule has 0 saturated carbocycles. The van der Waals surface area contributed by atoms with Crippen molar-refractivity contribution in [1.82, 2.24) is 0 Å². The van der Waals surface area contributed by atoms with Crippen molar-refractivity contribution < 1.29 is 9.15 Å². The molecule has 176 valence electrons. The van der Waals surface area contributed by atoms with Crippen molar-refractivity contribution in [3.63, 3.8) is 0 Å². The van der Waals surface area contributed by atoms with Crippen LogP contribution in [-0.2, 0) is 13.0 Å². The summed E-state index contributed by atoms with van der Waals surface area (Å²) in [7, 11) is 0. The molecule has 0 unspecified atom stereocenters. The quantitative estimate of drug-likeness (QED) is 0.209. The first kappa shape index (κ1) is 24.7. The van der Waals surface area contributed by atoms with E-state index in [4.69, 9.17) is 44.0 Å². The highest BCUT2D eigenvalue weighted by molar-refractivity contribution is 6.35. The maximum Gasteiger partial charge on any atom is 0.200 e. The van der Waals surface area contributed by atoms with Gasteiger partial charge in [0.05, 0.1) is 10.9 Å². The molecule has 6 heteroatoms. The molecule has 4 rings (SSSR count). The van der Waals surface area contributed by atoms with Gasteiger partial charge in [0.25, 0.3) is 0 Å². The van der Waals surface area contributed by atoms with E-state index in [-0.39, 0.29) is 12.0 Å². The fourth-order valence-corrected chi connectivity index (χ4v) is 4.49. The van der Waals surface area contributed by atoms with Gasteiger partial charge in [-0.3, -0.25) is 4.79 Å². The molecule has 0 bridgehead atoms. The van der Waals surface area contributed by atoms with Crippen LogP contribution in [0.2, 0.25) is 15.1 Å². The van der Waals surface area contributed by atoms with E-state index in [2.05, 4.69) is 6.92 Å². The summed E-state index contributed by atoms with van der Waals surface area (Å²) in [6.45, 7) is 2.47. The Bertz CT molecular complexity index is 1340. The number of ether oxygens (including phenoxy) is 1. The molecule has 3 aromatic carbocycles. The van der Waals surface area contributed by atoms with Crippen LogP contribution in [0.15, 0.2) is 70.1 Å². The summed E-state index contributed by atoms with van der Waals surface area (Å²) in [4.78, 5) is 13.3. The van der Waals surface area contributed by atoms with E-state index in [1.54, 1.807) is 30.3 Å². The van der Waals surface area contributed by atoms with Crippen molar-refractivity contribution >= 4 is 45.8 Å². The van der Waals surface area contributed by atoms with Crippen molar-refractivity contribution in [1.29, 1.82) is 0 Å². The molecule has 3 nitrogen and oxygen atoms in total. The third-order valence-corrected chi connectivity index (χ3v) is 6.65. The summed E-state index contributed by atoms with van der Waals surface area (Å²) in [6.07, 6.45) is 6.77. The molecule has 0 aliphatic carbocycles. The molecule has 0 saturated heterocycles. The number of benzene rings is 3. The molecule has 0 radical (unpaired) electrons. The zero-order valence-corrected chi connectivity index (χ0v) is 21.1. The Kier molecular flexibility index (Phi) is 8.20. The zero-order chi connectivity index (χ0) is 24.1. The molecule has 0 spiro atoms. The number of hydrogen-bond donors (Lipinski definition) is 0. The third kappa shape index (κ3) is 5.78. The molecular weight excluding hydrogens is 491 g/mol. The normalized spacial score (nSPS) is 11.2. The molecule has 1 aromatic heterocycles. The smallest absolute Gasteiger partial charge is 0.200 e. The van der Waals surface area contributed by atoms with Gasteiger partial charge in [-0.1, -0.05) is 79.2 Å². The first-order valence-corrected chi connectivity index (χ1v) is 12.5. The lowest BCUT2D eigenvalue weighted by atomic mass is 10.0. The Morgan fingerprint density at radius 1 is 0.853 bits per heavy atom. The molecule has 34 heavy (non-hydrogen) atoms. The van der Waals surface area contributed by atoms with Gasteiger partial charge in [0.1, 0.15) is 24.2 Å². The van der Waals surface area contributed by atoms with Gasteiger partial charge < -0.3 is 9.15 Å². The average Bonchev–Trinajstić information content (AvgIpc) is 2.82. The van der Waals surface area contributed by atoms with Crippen molar-refractivity contribution in [3.05, 3.63) is 97.3 Å². The molecule has 4 aromatic rings. The van der Waals surface area contributed by atoms with Crippen LogP contribution in [-0.4, -0.2) is 0 Å². The number of unbranched alkanes of at least 4 members (excludes halogenated alkanes) is 3. The number of halogens is 3. The van der Waals surface area contributed by atoms with Crippen LogP contribution >= 0.6 is 34.8 Å². The summed E-state index contributed by atoms with van der Waals surface area (Å²) < 4.78 is 12.1. The highest BCUT2D eigenvalue weighted by atomic mass is 35.5. The monoisotopic (exact) mass is 514 g/mol. The summed E-state index contributed by atoms with van der Waals surface area (Å²) in [5, 5.41) is 2.28. The Morgan fingerprint density at radius 2 is 1.62 bits per heavy atom. The fourth-order valence-electron chi connectivity index (χ4n) is 3.90. The largest absolute Gasteiger partial charge is 0.488 e. The summed E-state index contributed by atoms with van der Waals surface area (Å²) in [5.74, 6) is 0.692. The Morgan fingerprint density at radius 3 is 2.35 bits per heavy atom. The second kappa shape index (κ2) is 11.3. The predicted molar refractivity (Wildman–Crippen MR) is 142 cm³/mol. The SMILES string of the molecule is CCCCCCc1cc2c(=O)c(-c3ccc(Cl)cc3)coc2cc1OCc1ccc(Cl)cc1Cl. The summed E-state index contributed by atoms with van der Waals surface area (Å²) >= 11 is 18.3. The highest BCUT2D eigenvalue weighted by Crippen LogP contribution is 2.30. The van der Waals surface area contributed by atoms with Crippen LogP contribution in [0.4, 0.5) is 0 Å². The van der Waals surface area contributed by atoms with Crippen molar-refractivity contribution in [2.75, 3.05) is 0 Å². The van der Waals surface area contributed by atoms with Gasteiger partial charge in [0, 0.05) is 26.7 Å². The summed E-state index contributed by atoms with van der Waals surface area (Å²) in [5.41, 5.74) is 3.49. The van der Waals surface area contributed by atoms with Gasteiger partial charge in [-0.05, 0) is 54.3 Å². The summed E-state index contributed by atoms with van der Waals surface area (Å²) in [6, 6.07) is 16.2. The van der Waals surface area contributed by atoms with E-state index >= 15 is 0 Å². The third-order valence-electron chi connectivity index (χ3n) is 5.81. The minimum Gasteiger partial charge on any atom is -0.488 e. The van der Waals surface area contributed by atoms with Crippen LogP contribution in [0.1, 0.15) is 43.7 Å². The Labute approximate surface area is 214 Å². The molecule has 0 N–H and O–H groups in total. The lowest BCUT2D eigenvalue weighted by Gasteiger charge is -2.14. The Balaban J connectivity index is 1.70. The van der Waals surface area contributed by atoms with Crippen LogP contribution in [0, 0.1) is 0 Å². The van der Waals surface area contributed by atoms with Gasteiger partial charge in [0.2, 0.25) is 5.43 Å². The van der Waals surface area contributed by atoms with Crippen LogP contribution in [0.25, 0.3) is 22.1 Å². The van der Waals surface area contributed by atoms with E-state index in [1.807, 2.05) is 24.3 Å². The lowest BCUT2D eigenvalue weighted by molar-refractivity contribution is 0.302. The second-order valence-electron chi connectivity index (χ2n) is 8.28. The maximum absolute atomic E-state index is 13.3. The number of fused-ring (bicyclic) bond motifs is 1. The molecule has 1 heterocycles. The van der Waals surface area contributed by atoms with Crippen molar-refractivity contribution in [2.24, 2.45) is 0 Å². The van der Waals surface area contributed by atoms with E-state index in [0.29, 0.717) is 37.4 Å². The van der Waals surface area contributed by atoms with E-state index in [9.17, 15) is 4.79 Å². The topological polar surface area (TPSA) is 39.4 Å². The van der Waals surface area contributed by atoms with E-state index in [1.165, 1.54) is 12.7 Å². The van der Waals surface area contributed by atoms with Crippen molar-refractivity contribution in [3.8, 4) is 16.9 Å². The standard InChI is InChI=1S/C28H25Cl3O3/c1-2-3-4-5-6-19-13-23-27(15-26(19)33-16-20-9-12-22(30)14-25(20)31)34-17-24(28(23)32)18-7-10-21(29)11-8-18/h7-15,17H,2-6,16H2,1H3. The second-order valence-corrected chi connectivity index (χ2v) is 9.56. The minimum atomic E-state index is -0.0781. The Hall–Kier alpha value is -2.46. The first-order chi connectivity index (χ1) is 16.5. The van der Waals surface area contributed by atoms with Gasteiger partial charge in [-0.25, -0.2) is 0 Å². The molecule has 0 atom stereocenters. The van der Waals surface area contributed by atoms with Gasteiger partial charge in [-0.15, -0.1) is 0 Å². The van der Waals surface area contributed by atoms with E-state index < -0.39 is 0 Å². The highest BCUT2D eigenvalue weighted by Gasteiger charge is 2.15. The van der Waals surface area contributed by atoms with Crippen LogP contribution in [0.5, 0.6) is 5.75 Å². The van der Waals surface area contributed by atoms with Gasteiger partial charge in [-0.2, -0.15) is 0 Å². The first-order valence-electron chi connectivity index (χ1n) is 11.4. The lowest BCUT2D eigenvalue weighted by Crippen LogP contribution is -2.07. The minimum absolute atomic E-state index is 0.0781. The zero-order valence-electron chi connectivity index (χ0n) is 18.9. The maximum atomic E-state index is 13.3. The van der Waals surface area contributed by atoms with Crippen LogP contribution in [0.3, 0.4) is 0 Å². The number of aryl methyl sites for hydroxylation is 1. The molecule has 0 fully saturated rings.